The number of alkyl halides is 2. The number of anilines is 1. The van der Waals surface area contributed by atoms with Crippen molar-refractivity contribution in [1.82, 2.24) is 9.88 Å². The largest absolute Gasteiger partial charge is 0.487 e. The zero-order valence-corrected chi connectivity index (χ0v) is 16.9. The summed E-state index contributed by atoms with van der Waals surface area (Å²) in [5, 5.41) is 3.26. The maximum absolute atomic E-state index is 14.6. The topological polar surface area (TPSA) is 54.5 Å². The van der Waals surface area contributed by atoms with Crippen molar-refractivity contribution in [1.29, 1.82) is 0 Å². The second-order valence-electron chi connectivity index (χ2n) is 7.90. The van der Waals surface area contributed by atoms with Gasteiger partial charge in [-0.3, -0.25) is 4.79 Å². The van der Waals surface area contributed by atoms with Crippen LogP contribution in [0.4, 0.5) is 19.0 Å². The highest BCUT2D eigenvalue weighted by Crippen LogP contribution is 2.37. The van der Waals surface area contributed by atoms with Crippen molar-refractivity contribution >= 4 is 11.7 Å². The molecular weight excluding hydrogens is 395 g/mol. The Hall–Kier alpha value is -2.77. The van der Waals surface area contributed by atoms with Crippen molar-refractivity contribution in [3.63, 3.8) is 0 Å². The summed E-state index contributed by atoms with van der Waals surface area (Å²) in [6.07, 6.45) is 0.505. The van der Waals surface area contributed by atoms with Crippen LogP contribution in [0, 0.1) is 5.82 Å². The van der Waals surface area contributed by atoms with Crippen molar-refractivity contribution in [2.75, 3.05) is 11.9 Å². The predicted molar refractivity (Wildman–Crippen MR) is 106 cm³/mol. The van der Waals surface area contributed by atoms with Gasteiger partial charge in [0.25, 0.3) is 11.8 Å². The molecule has 2 aromatic rings. The first-order chi connectivity index (χ1) is 14.3. The van der Waals surface area contributed by atoms with Gasteiger partial charge in [0.15, 0.2) is 11.6 Å². The number of fused-ring (bicyclic) bond motifs is 1. The normalized spacial score (nSPS) is 20.9. The van der Waals surface area contributed by atoms with E-state index >= 15 is 0 Å². The third kappa shape index (κ3) is 3.95. The van der Waals surface area contributed by atoms with E-state index in [0.717, 1.165) is 5.56 Å². The fourth-order valence-corrected chi connectivity index (χ4v) is 4.03. The van der Waals surface area contributed by atoms with E-state index < -0.39 is 17.8 Å². The van der Waals surface area contributed by atoms with Crippen LogP contribution >= 0.6 is 0 Å². The number of hydrogen-bond acceptors (Lipinski definition) is 4. The van der Waals surface area contributed by atoms with Crippen LogP contribution in [0.3, 0.4) is 0 Å². The zero-order chi connectivity index (χ0) is 21.5. The number of pyridine rings is 1. The maximum atomic E-state index is 14.6. The lowest BCUT2D eigenvalue weighted by Gasteiger charge is -2.19. The lowest BCUT2D eigenvalue weighted by Crippen LogP contribution is -2.22. The molecule has 1 aromatic carbocycles. The number of nitrogens with one attached hydrogen (secondary N) is 1. The van der Waals surface area contributed by atoms with E-state index in [1.165, 1.54) is 12.1 Å². The van der Waals surface area contributed by atoms with Gasteiger partial charge in [0.2, 0.25) is 0 Å². The van der Waals surface area contributed by atoms with Crippen LogP contribution in [-0.4, -0.2) is 34.4 Å². The number of rotatable bonds is 6. The molecule has 0 spiro atoms. The van der Waals surface area contributed by atoms with E-state index in [1.54, 1.807) is 23.2 Å². The lowest BCUT2D eigenvalue weighted by atomic mass is 10.1. The summed E-state index contributed by atoms with van der Waals surface area (Å²) < 4.78 is 46.7. The Labute approximate surface area is 173 Å². The molecule has 2 unspecified atom stereocenters. The third-order valence-corrected chi connectivity index (χ3v) is 5.77. The summed E-state index contributed by atoms with van der Waals surface area (Å²) in [5.74, 6) is -2.77. The first-order valence-corrected chi connectivity index (χ1v) is 10.1. The molecule has 1 N–H and O–H groups in total. The van der Waals surface area contributed by atoms with E-state index in [0.29, 0.717) is 30.0 Å². The first kappa shape index (κ1) is 20.5. The first-order valence-electron chi connectivity index (χ1n) is 10.1. The van der Waals surface area contributed by atoms with Crippen LogP contribution in [0.25, 0.3) is 0 Å². The van der Waals surface area contributed by atoms with E-state index in [1.807, 2.05) is 13.8 Å². The number of nitrogens with zero attached hydrogens (tertiary/aromatic N) is 2. The Morgan fingerprint density at radius 3 is 2.83 bits per heavy atom. The van der Waals surface area contributed by atoms with Crippen LogP contribution in [0.5, 0.6) is 5.75 Å². The number of hydrogen-bond donors (Lipinski definition) is 1. The third-order valence-electron chi connectivity index (χ3n) is 5.77. The number of aromatic nitrogens is 1. The lowest BCUT2D eigenvalue weighted by molar-refractivity contribution is -0.00136. The van der Waals surface area contributed by atoms with E-state index in [2.05, 4.69) is 10.3 Å². The maximum Gasteiger partial charge on any atom is 0.254 e. The molecule has 8 heteroatoms. The molecule has 5 nitrogen and oxygen atoms in total. The van der Waals surface area contributed by atoms with Gasteiger partial charge in [-0.05, 0) is 44.0 Å². The summed E-state index contributed by atoms with van der Waals surface area (Å²) in [7, 11) is 0. The van der Waals surface area contributed by atoms with Crippen molar-refractivity contribution in [2.24, 2.45) is 0 Å². The molecule has 1 aliphatic heterocycles. The molecule has 160 valence electrons. The van der Waals surface area contributed by atoms with Gasteiger partial charge in [0.05, 0.1) is 12.6 Å². The Morgan fingerprint density at radius 1 is 1.37 bits per heavy atom. The Kier molecular flexibility index (Phi) is 5.34. The Bertz CT molecular complexity index is 967. The Morgan fingerprint density at radius 2 is 2.17 bits per heavy atom. The molecule has 1 saturated carbocycles. The average molecular weight is 419 g/mol. The summed E-state index contributed by atoms with van der Waals surface area (Å²) in [5.41, 5.74) is 2.12. The van der Waals surface area contributed by atoms with Crippen LogP contribution in [0.2, 0.25) is 0 Å². The van der Waals surface area contributed by atoms with Gasteiger partial charge >= 0.3 is 0 Å². The number of carbonyl (C=O) groups is 1. The standard InChI is InChI=1S/C22H24F3N3O2/c1-3-28-12-17-16(21(28)29)7-9-26-20(17)27-13(2)14-4-5-19(18(23)10-14)30-15-6-8-22(24,25)11-15/h4-5,7,9-10,13,15H,3,6,8,11-12H2,1-2H3,(H,26,27). The molecule has 2 heterocycles. The van der Waals surface area contributed by atoms with Crippen LogP contribution < -0.4 is 10.1 Å². The van der Waals surface area contributed by atoms with E-state index in [9.17, 15) is 18.0 Å². The van der Waals surface area contributed by atoms with Crippen LogP contribution in [0.1, 0.15) is 60.6 Å². The summed E-state index contributed by atoms with van der Waals surface area (Å²) in [6, 6.07) is 5.95. The molecule has 1 fully saturated rings. The molecule has 30 heavy (non-hydrogen) atoms. The van der Waals surface area contributed by atoms with Crippen LogP contribution in [0.15, 0.2) is 30.5 Å². The fourth-order valence-electron chi connectivity index (χ4n) is 4.03. The number of halogens is 3. The fraction of sp³-hybridized carbons (Fsp3) is 0.455. The van der Waals surface area contributed by atoms with Gasteiger partial charge in [0.1, 0.15) is 11.9 Å². The van der Waals surface area contributed by atoms with Gasteiger partial charge in [-0.1, -0.05) is 6.07 Å². The minimum absolute atomic E-state index is 0.0171. The summed E-state index contributed by atoms with van der Waals surface area (Å²) >= 11 is 0. The molecule has 4 rings (SSSR count). The van der Waals surface area contributed by atoms with E-state index in [-0.39, 0.29) is 37.0 Å². The van der Waals surface area contributed by atoms with Gasteiger partial charge in [-0.15, -0.1) is 0 Å². The minimum atomic E-state index is -2.74. The molecule has 2 aliphatic rings. The molecule has 0 radical (unpaired) electrons. The van der Waals surface area contributed by atoms with Gasteiger partial charge in [-0.2, -0.15) is 0 Å². The monoisotopic (exact) mass is 419 g/mol. The number of benzene rings is 1. The van der Waals surface area contributed by atoms with Crippen molar-refractivity contribution in [2.45, 2.75) is 57.7 Å². The van der Waals surface area contributed by atoms with Crippen LogP contribution in [-0.2, 0) is 6.54 Å². The quantitative estimate of drug-likeness (QED) is 0.721. The van der Waals surface area contributed by atoms with E-state index in [4.69, 9.17) is 4.74 Å². The molecule has 0 saturated heterocycles. The second-order valence-corrected chi connectivity index (χ2v) is 7.90. The summed E-state index contributed by atoms with van der Waals surface area (Å²) in [4.78, 5) is 18.5. The number of amides is 1. The molecule has 0 bridgehead atoms. The average Bonchev–Trinajstić information content (AvgIpc) is 3.22. The smallest absolute Gasteiger partial charge is 0.254 e. The molecule has 1 amide bonds. The van der Waals surface area contributed by atoms with Crippen molar-refractivity contribution in [3.05, 3.63) is 53.0 Å². The molecule has 1 aliphatic carbocycles. The highest BCUT2D eigenvalue weighted by atomic mass is 19.3. The SMILES string of the molecule is CCN1Cc2c(ccnc2NC(C)c2ccc(OC3CCC(F)(F)C3)c(F)c2)C1=O. The number of carbonyl (C=O) groups excluding carboxylic acids is 1. The minimum Gasteiger partial charge on any atom is -0.487 e. The highest BCUT2D eigenvalue weighted by molar-refractivity contribution is 5.99. The summed E-state index contributed by atoms with van der Waals surface area (Å²) in [6.45, 7) is 4.89. The van der Waals surface area contributed by atoms with Crippen molar-refractivity contribution in [3.8, 4) is 5.75 Å². The predicted octanol–water partition coefficient (Wildman–Crippen LogP) is 4.94. The van der Waals surface area contributed by atoms with Gasteiger partial charge in [0, 0.05) is 36.7 Å². The van der Waals surface area contributed by atoms with Gasteiger partial charge in [-0.25, -0.2) is 18.2 Å². The highest BCUT2D eigenvalue weighted by Gasteiger charge is 2.41. The molecule has 1 aromatic heterocycles. The zero-order valence-electron chi connectivity index (χ0n) is 16.9. The molecule has 2 atom stereocenters. The van der Waals surface area contributed by atoms with Gasteiger partial charge < -0.3 is 15.0 Å². The van der Waals surface area contributed by atoms with Crippen molar-refractivity contribution < 1.29 is 22.7 Å². The Balaban J connectivity index is 1.47. The second kappa shape index (κ2) is 7.81. The number of ether oxygens (including phenoxy) is 1. The molecular formula is C22H24F3N3O2.